The van der Waals surface area contributed by atoms with Gasteiger partial charge in [0, 0.05) is 21.6 Å². The van der Waals surface area contributed by atoms with Gasteiger partial charge in [0.2, 0.25) is 0 Å². The number of benzene rings is 4. The maximum Gasteiger partial charge on any atom is 0.0541 e. The predicted molar refractivity (Wildman–Crippen MR) is 152 cm³/mol. The second-order valence-corrected chi connectivity index (χ2v) is 10.2. The molecule has 0 saturated carbocycles. The normalized spacial score (nSPS) is 13.1. The second kappa shape index (κ2) is 9.07. The van der Waals surface area contributed by atoms with E-state index in [1.807, 2.05) is 0 Å². The van der Waals surface area contributed by atoms with E-state index in [-0.39, 0.29) is 5.41 Å². The monoisotopic (exact) mass is 455 g/mol. The molecule has 0 atom stereocenters. The van der Waals surface area contributed by atoms with Gasteiger partial charge in [0.1, 0.15) is 0 Å². The Bertz CT molecular complexity index is 1550. The molecule has 1 aromatic heterocycles. The van der Waals surface area contributed by atoms with Crippen LogP contribution >= 0.6 is 0 Å². The van der Waals surface area contributed by atoms with Crippen molar-refractivity contribution in [2.24, 2.45) is 0 Å². The van der Waals surface area contributed by atoms with E-state index in [0.29, 0.717) is 0 Å². The standard InChI is InChI=1S/C34H33N/c1-6-30-31-23-28(34(3,4)5)18-19-33(31)35(32(30)7-2)29-21-26(24-14-10-8-11-15-24)20-27(22-29)25-16-12-9-13-17-25/h6-23H,1-5H3/b30-6-,32-7+. The Balaban J connectivity index is 1.86. The molecule has 1 nitrogen and oxygen atoms in total. The number of nitrogens with zero attached hydrogens (tertiary/aromatic N) is 1. The largest absolute Gasteiger partial charge is 0.310 e. The van der Waals surface area contributed by atoms with Crippen molar-refractivity contribution < 1.29 is 0 Å². The summed E-state index contributed by atoms with van der Waals surface area (Å²) < 4.78 is 2.43. The number of hydrogen-bond donors (Lipinski definition) is 0. The van der Waals surface area contributed by atoms with E-state index in [9.17, 15) is 0 Å². The first-order chi connectivity index (χ1) is 16.9. The zero-order valence-electron chi connectivity index (χ0n) is 21.3. The van der Waals surface area contributed by atoms with Crippen LogP contribution in [0.2, 0.25) is 0 Å². The Morgan fingerprint density at radius 2 is 1.17 bits per heavy atom. The second-order valence-electron chi connectivity index (χ2n) is 10.2. The van der Waals surface area contributed by atoms with E-state index in [1.54, 1.807) is 0 Å². The minimum Gasteiger partial charge on any atom is -0.310 e. The molecule has 5 aromatic rings. The van der Waals surface area contributed by atoms with Gasteiger partial charge in [0.15, 0.2) is 0 Å². The van der Waals surface area contributed by atoms with Gasteiger partial charge < -0.3 is 4.57 Å². The van der Waals surface area contributed by atoms with Gasteiger partial charge in [-0.15, -0.1) is 0 Å². The molecule has 1 heterocycles. The quantitative estimate of drug-likeness (QED) is 0.261. The van der Waals surface area contributed by atoms with Crippen molar-refractivity contribution in [2.45, 2.75) is 40.0 Å². The number of hydrogen-bond acceptors (Lipinski definition) is 0. The predicted octanol–water partition coefficient (Wildman–Crippen LogP) is 7.86. The van der Waals surface area contributed by atoms with Crippen LogP contribution < -0.4 is 10.6 Å². The number of rotatable bonds is 3. The highest BCUT2D eigenvalue weighted by Gasteiger charge is 2.17. The molecule has 0 N–H and O–H groups in total. The third-order valence-electron chi connectivity index (χ3n) is 6.86. The molecule has 174 valence electrons. The van der Waals surface area contributed by atoms with E-state index >= 15 is 0 Å². The Hall–Kier alpha value is -3.84. The summed E-state index contributed by atoms with van der Waals surface area (Å²) in [5.74, 6) is 0. The van der Waals surface area contributed by atoms with Crippen LogP contribution in [0.1, 0.15) is 40.2 Å². The first kappa shape index (κ1) is 22.9. The lowest BCUT2D eigenvalue weighted by atomic mass is 9.86. The molecule has 35 heavy (non-hydrogen) atoms. The Morgan fingerprint density at radius 1 is 0.600 bits per heavy atom. The van der Waals surface area contributed by atoms with Crippen molar-refractivity contribution in [2.75, 3.05) is 0 Å². The summed E-state index contributed by atoms with van der Waals surface area (Å²) in [6, 6.07) is 35.3. The third-order valence-corrected chi connectivity index (χ3v) is 6.86. The molecule has 0 spiro atoms. The minimum atomic E-state index is 0.102. The highest BCUT2D eigenvalue weighted by Crippen LogP contribution is 2.31. The van der Waals surface area contributed by atoms with Crippen LogP contribution in [0, 0.1) is 0 Å². The van der Waals surface area contributed by atoms with Gasteiger partial charge in [0.05, 0.1) is 5.52 Å². The van der Waals surface area contributed by atoms with E-state index in [4.69, 9.17) is 0 Å². The highest BCUT2D eigenvalue weighted by atomic mass is 15.0. The number of aromatic nitrogens is 1. The smallest absolute Gasteiger partial charge is 0.0541 e. The Labute approximate surface area is 208 Å². The first-order valence-electron chi connectivity index (χ1n) is 12.4. The molecule has 0 aliphatic carbocycles. The van der Waals surface area contributed by atoms with Crippen LogP contribution in [0.5, 0.6) is 0 Å². The van der Waals surface area contributed by atoms with Gasteiger partial charge in [-0.3, -0.25) is 0 Å². The van der Waals surface area contributed by atoms with Crippen LogP contribution in [0.3, 0.4) is 0 Å². The van der Waals surface area contributed by atoms with Crippen molar-refractivity contribution in [1.82, 2.24) is 4.57 Å². The van der Waals surface area contributed by atoms with Gasteiger partial charge in [-0.1, -0.05) is 99.7 Å². The van der Waals surface area contributed by atoms with Gasteiger partial charge in [0.25, 0.3) is 0 Å². The molecule has 0 aliphatic heterocycles. The van der Waals surface area contributed by atoms with Crippen LogP contribution in [-0.2, 0) is 5.41 Å². The van der Waals surface area contributed by atoms with Crippen LogP contribution in [0.4, 0.5) is 0 Å². The van der Waals surface area contributed by atoms with Crippen LogP contribution in [0.15, 0.2) is 97.1 Å². The van der Waals surface area contributed by atoms with E-state index < -0.39 is 0 Å². The molecule has 0 fully saturated rings. The molecule has 5 rings (SSSR count). The average molecular weight is 456 g/mol. The zero-order valence-corrected chi connectivity index (χ0v) is 21.3. The zero-order chi connectivity index (χ0) is 24.6. The number of fused-ring (bicyclic) bond motifs is 1. The summed E-state index contributed by atoms with van der Waals surface area (Å²) in [7, 11) is 0. The molecule has 1 heteroatoms. The maximum absolute atomic E-state index is 2.43. The molecular formula is C34H33N. The summed E-state index contributed by atoms with van der Waals surface area (Å²) in [6.45, 7) is 11.1. The lowest BCUT2D eigenvalue weighted by Crippen LogP contribution is -2.27. The Morgan fingerprint density at radius 3 is 1.66 bits per heavy atom. The molecule has 0 unspecified atom stereocenters. The first-order valence-corrected chi connectivity index (χ1v) is 12.4. The Kier molecular flexibility index (Phi) is 5.94. The van der Waals surface area contributed by atoms with Gasteiger partial charge in [-0.05, 0) is 77.4 Å². The topological polar surface area (TPSA) is 4.93 Å². The van der Waals surface area contributed by atoms with Gasteiger partial charge >= 0.3 is 0 Å². The summed E-state index contributed by atoms with van der Waals surface area (Å²) in [5.41, 5.74) is 8.77. The SMILES string of the molecule is C/C=c1\c(=C/C)n(-c2cc(-c3ccccc3)cc(-c3ccccc3)c2)c2ccc(C(C)(C)C)cc12. The summed E-state index contributed by atoms with van der Waals surface area (Å²) in [4.78, 5) is 0. The molecular weight excluding hydrogens is 422 g/mol. The van der Waals surface area contributed by atoms with Crippen molar-refractivity contribution >= 4 is 23.1 Å². The minimum absolute atomic E-state index is 0.102. The van der Waals surface area contributed by atoms with Gasteiger partial charge in [-0.2, -0.15) is 0 Å². The fraction of sp³-hybridized carbons (Fsp3) is 0.176. The van der Waals surface area contributed by atoms with E-state index in [0.717, 1.165) is 0 Å². The average Bonchev–Trinajstić information content (AvgIpc) is 3.21. The van der Waals surface area contributed by atoms with Crippen LogP contribution in [0.25, 0.3) is 51.0 Å². The molecule has 0 aliphatic rings. The van der Waals surface area contributed by atoms with E-state index in [1.165, 1.54) is 55.0 Å². The summed E-state index contributed by atoms with van der Waals surface area (Å²) in [5, 5.41) is 3.83. The maximum atomic E-state index is 2.43. The highest BCUT2D eigenvalue weighted by molar-refractivity contribution is 5.86. The van der Waals surface area contributed by atoms with Crippen LogP contribution in [-0.4, -0.2) is 4.57 Å². The summed E-state index contributed by atoms with van der Waals surface area (Å²) in [6.07, 6.45) is 4.49. The molecule has 0 saturated heterocycles. The lowest BCUT2D eigenvalue weighted by Gasteiger charge is -2.19. The third kappa shape index (κ3) is 4.23. The van der Waals surface area contributed by atoms with Crippen molar-refractivity contribution in [3.05, 3.63) is 113 Å². The molecule has 0 radical (unpaired) electrons. The molecule has 0 amide bonds. The lowest BCUT2D eigenvalue weighted by molar-refractivity contribution is 0.591. The van der Waals surface area contributed by atoms with E-state index in [2.05, 4.69) is 148 Å². The molecule has 4 aromatic carbocycles. The van der Waals surface area contributed by atoms with Crippen molar-refractivity contribution in [1.29, 1.82) is 0 Å². The van der Waals surface area contributed by atoms with Gasteiger partial charge in [-0.25, -0.2) is 0 Å². The molecule has 0 bridgehead atoms. The fourth-order valence-corrected chi connectivity index (χ4v) is 5.00. The van der Waals surface area contributed by atoms with Crippen molar-refractivity contribution in [3.63, 3.8) is 0 Å². The van der Waals surface area contributed by atoms with Crippen molar-refractivity contribution in [3.8, 4) is 27.9 Å². The summed E-state index contributed by atoms with van der Waals surface area (Å²) >= 11 is 0. The fourth-order valence-electron chi connectivity index (χ4n) is 5.00.